The van der Waals surface area contributed by atoms with Crippen molar-refractivity contribution < 1.29 is 0 Å². The Bertz CT molecular complexity index is 587. The molecule has 1 unspecified atom stereocenters. The second-order valence-corrected chi connectivity index (χ2v) is 8.30. The molecule has 132 valence electrons. The average Bonchev–Trinajstić information content (AvgIpc) is 3.09. The third-order valence-corrected chi connectivity index (χ3v) is 6.16. The molecule has 1 aromatic carbocycles. The number of aryl methyl sites for hydroxylation is 1. The molecule has 24 heavy (non-hydrogen) atoms. The molecule has 1 aromatic heterocycles. The minimum absolute atomic E-state index is 0.589. The molecular weight excluding hydrogens is 359 g/mol. The van der Waals surface area contributed by atoms with Crippen LogP contribution in [0.4, 0.5) is 0 Å². The normalized spacial score (nSPS) is 12.5. The number of hydrogen-bond acceptors (Lipinski definition) is 2. The fourth-order valence-corrected chi connectivity index (χ4v) is 4.28. The number of imidazole rings is 1. The summed E-state index contributed by atoms with van der Waals surface area (Å²) >= 11 is 14.1. The van der Waals surface area contributed by atoms with Crippen molar-refractivity contribution in [1.82, 2.24) is 9.55 Å². The molecule has 0 radical (unpaired) electrons. The highest BCUT2D eigenvalue weighted by atomic mass is 35.5. The van der Waals surface area contributed by atoms with Crippen molar-refractivity contribution in [2.24, 2.45) is 0 Å². The number of rotatable bonds is 11. The van der Waals surface area contributed by atoms with Gasteiger partial charge < -0.3 is 4.57 Å². The maximum Gasteiger partial charge on any atom is 0.0945 e. The van der Waals surface area contributed by atoms with E-state index in [4.69, 9.17) is 23.2 Å². The molecule has 5 heteroatoms. The molecule has 0 aliphatic rings. The van der Waals surface area contributed by atoms with Crippen molar-refractivity contribution in [2.45, 2.75) is 68.6 Å². The van der Waals surface area contributed by atoms with Gasteiger partial charge in [-0.3, -0.25) is 0 Å². The van der Waals surface area contributed by atoms with E-state index in [0.29, 0.717) is 15.3 Å². The van der Waals surface area contributed by atoms with Gasteiger partial charge in [-0.15, -0.1) is 11.8 Å². The topological polar surface area (TPSA) is 17.8 Å². The SMILES string of the molecule is CCCCCCCC(CCn1ccnc1)Sc1ccc(Cl)c(Cl)c1. The quantitative estimate of drug-likeness (QED) is 0.303. The molecule has 1 heterocycles. The molecule has 0 aliphatic carbocycles. The molecular formula is C19H26Cl2N2S. The Kier molecular flexibility index (Phi) is 9.08. The molecule has 2 nitrogen and oxygen atoms in total. The van der Waals surface area contributed by atoms with Gasteiger partial charge in [0, 0.05) is 29.1 Å². The van der Waals surface area contributed by atoms with Crippen LogP contribution in [0.15, 0.2) is 41.8 Å². The average molecular weight is 385 g/mol. The zero-order valence-electron chi connectivity index (χ0n) is 14.3. The second-order valence-electron chi connectivity index (χ2n) is 6.11. The Balaban J connectivity index is 1.88. The minimum atomic E-state index is 0.589. The van der Waals surface area contributed by atoms with Gasteiger partial charge in [0.25, 0.3) is 0 Å². The summed E-state index contributed by atoms with van der Waals surface area (Å²) in [5.74, 6) is 0. The van der Waals surface area contributed by atoms with Crippen molar-refractivity contribution >= 4 is 35.0 Å². The van der Waals surface area contributed by atoms with Crippen LogP contribution >= 0.6 is 35.0 Å². The fraction of sp³-hybridized carbons (Fsp3) is 0.526. The second kappa shape index (κ2) is 11.1. The van der Waals surface area contributed by atoms with Gasteiger partial charge in [-0.05, 0) is 31.0 Å². The summed E-state index contributed by atoms with van der Waals surface area (Å²) in [5, 5.41) is 1.85. The molecule has 1 atom stereocenters. The minimum Gasteiger partial charge on any atom is -0.337 e. The van der Waals surface area contributed by atoms with Crippen molar-refractivity contribution in [3.05, 3.63) is 47.0 Å². The van der Waals surface area contributed by atoms with E-state index in [1.165, 1.54) is 43.4 Å². The number of benzene rings is 1. The summed E-state index contributed by atoms with van der Waals surface area (Å²) in [6.45, 7) is 3.27. The van der Waals surface area contributed by atoms with Gasteiger partial charge in [-0.1, -0.05) is 62.2 Å². The van der Waals surface area contributed by atoms with E-state index in [9.17, 15) is 0 Å². The molecule has 0 N–H and O–H groups in total. The van der Waals surface area contributed by atoms with Gasteiger partial charge >= 0.3 is 0 Å². The number of aromatic nitrogens is 2. The van der Waals surface area contributed by atoms with Crippen molar-refractivity contribution in [3.63, 3.8) is 0 Å². The van der Waals surface area contributed by atoms with Gasteiger partial charge in [0.15, 0.2) is 0 Å². The number of nitrogens with zero attached hydrogens (tertiary/aromatic N) is 2. The van der Waals surface area contributed by atoms with E-state index in [0.717, 1.165) is 13.0 Å². The van der Waals surface area contributed by atoms with Crippen LogP contribution in [0.25, 0.3) is 0 Å². The molecule has 0 saturated carbocycles. The Morgan fingerprint density at radius 1 is 1.08 bits per heavy atom. The highest BCUT2D eigenvalue weighted by Gasteiger charge is 2.12. The standard InChI is InChI=1S/C19H26Cl2N2S/c1-2-3-4-5-6-7-16(10-12-23-13-11-22-15-23)24-17-8-9-18(20)19(21)14-17/h8-9,11,13-16H,2-7,10,12H2,1H3. The summed E-state index contributed by atoms with van der Waals surface area (Å²) in [7, 11) is 0. The molecule has 0 amide bonds. The van der Waals surface area contributed by atoms with Gasteiger partial charge in [0.05, 0.1) is 16.4 Å². The lowest BCUT2D eigenvalue weighted by molar-refractivity contribution is 0.553. The Labute approximate surface area is 160 Å². The van der Waals surface area contributed by atoms with E-state index >= 15 is 0 Å². The lowest BCUT2D eigenvalue weighted by atomic mass is 10.1. The molecule has 0 fully saturated rings. The molecule has 2 rings (SSSR count). The predicted molar refractivity (Wildman–Crippen MR) is 106 cm³/mol. The number of hydrogen-bond donors (Lipinski definition) is 0. The van der Waals surface area contributed by atoms with Crippen molar-refractivity contribution in [3.8, 4) is 0 Å². The highest BCUT2D eigenvalue weighted by Crippen LogP contribution is 2.33. The fourth-order valence-electron chi connectivity index (χ4n) is 2.69. The smallest absolute Gasteiger partial charge is 0.0945 e. The van der Waals surface area contributed by atoms with Crippen LogP contribution in [0.5, 0.6) is 0 Å². The first kappa shape index (κ1) is 19.7. The Morgan fingerprint density at radius 2 is 1.92 bits per heavy atom. The summed E-state index contributed by atoms with van der Waals surface area (Å²) in [6, 6.07) is 5.94. The van der Waals surface area contributed by atoms with Crippen LogP contribution in [-0.4, -0.2) is 14.8 Å². The number of unbranched alkanes of at least 4 members (excludes halogenated alkanes) is 4. The summed E-state index contributed by atoms with van der Waals surface area (Å²) in [6.07, 6.45) is 14.7. The molecule has 0 aliphatic heterocycles. The molecule has 0 saturated heterocycles. The van der Waals surface area contributed by atoms with Crippen molar-refractivity contribution in [2.75, 3.05) is 0 Å². The third-order valence-electron chi connectivity index (χ3n) is 4.09. The molecule has 0 spiro atoms. The first-order valence-corrected chi connectivity index (χ1v) is 10.4. The lowest BCUT2D eigenvalue weighted by Gasteiger charge is -2.17. The van der Waals surface area contributed by atoms with Crippen LogP contribution in [0.1, 0.15) is 51.9 Å². The maximum absolute atomic E-state index is 6.16. The van der Waals surface area contributed by atoms with E-state index in [-0.39, 0.29) is 0 Å². The summed E-state index contributed by atoms with van der Waals surface area (Å²) in [4.78, 5) is 5.33. The molecule has 0 bridgehead atoms. The first-order valence-electron chi connectivity index (χ1n) is 8.76. The highest BCUT2D eigenvalue weighted by molar-refractivity contribution is 8.00. The van der Waals surface area contributed by atoms with E-state index in [1.807, 2.05) is 42.6 Å². The maximum atomic E-state index is 6.16. The zero-order chi connectivity index (χ0) is 17.2. The third kappa shape index (κ3) is 7.08. The number of halogens is 2. The Hall–Kier alpha value is -0.640. The lowest BCUT2D eigenvalue weighted by Crippen LogP contribution is -2.08. The largest absolute Gasteiger partial charge is 0.337 e. The van der Waals surface area contributed by atoms with Crippen LogP contribution in [0.3, 0.4) is 0 Å². The van der Waals surface area contributed by atoms with Crippen LogP contribution in [0, 0.1) is 0 Å². The summed E-state index contributed by atoms with van der Waals surface area (Å²) in [5.41, 5.74) is 0. The summed E-state index contributed by atoms with van der Waals surface area (Å²) < 4.78 is 2.15. The zero-order valence-corrected chi connectivity index (χ0v) is 16.6. The van der Waals surface area contributed by atoms with Gasteiger partial charge in [0.1, 0.15) is 0 Å². The van der Waals surface area contributed by atoms with Gasteiger partial charge in [-0.2, -0.15) is 0 Å². The van der Waals surface area contributed by atoms with Crippen LogP contribution in [0.2, 0.25) is 10.0 Å². The van der Waals surface area contributed by atoms with Crippen LogP contribution in [-0.2, 0) is 6.54 Å². The Morgan fingerprint density at radius 3 is 2.62 bits per heavy atom. The first-order chi connectivity index (χ1) is 11.7. The van der Waals surface area contributed by atoms with E-state index < -0.39 is 0 Å². The molecule has 2 aromatic rings. The monoisotopic (exact) mass is 384 g/mol. The van der Waals surface area contributed by atoms with E-state index in [1.54, 1.807) is 0 Å². The van der Waals surface area contributed by atoms with Crippen LogP contribution < -0.4 is 0 Å². The van der Waals surface area contributed by atoms with Gasteiger partial charge in [-0.25, -0.2) is 4.98 Å². The van der Waals surface area contributed by atoms with Crippen molar-refractivity contribution in [1.29, 1.82) is 0 Å². The number of thioether (sulfide) groups is 1. The van der Waals surface area contributed by atoms with Gasteiger partial charge in [0.2, 0.25) is 0 Å². The van der Waals surface area contributed by atoms with E-state index in [2.05, 4.69) is 22.5 Å². The predicted octanol–water partition coefficient (Wildman–Crippen LogP) is 7.10.